The molecule has 3 atom stereocenters. The Morgan fingerprint density at radius 2 is 1.71 bits per heavy atom. The Labute approximate surface area is 223 Å². The van der Waals surface area contributed by atoms with Crippen LogP contribution >= 0.6 is 0 Å². The van der Waals surface area contributed by atoms with E-state index in [1.54, 1.807) is 12.1 Å². The van der Waals surface area contributed by atoms with Gasteiger partial charge < -0.3 is 9.47 Å². The van der Waals surface area contributed by atoms with Gasteiger partial charge in [0.1, 0.15) is 11.3 Å². The smallest absolute Gasteiger partial charge is 0.420 e. The van der Waals surface area contributed by atoms with E-state index in [1.807, 2.05) is 12.1 Å². The molecular formula is C31H40F3NO3. The molecule has 2 aromatic rings. The molecule has 0 amide bonds. The summed E-state index contributed by atoms with van der Waals surface area (Å²) in [6, 6.07) is 9.28. The highest BCUT2D eigenvalue weighted by Crippen LogP contribution is 2.45. The number of benzene rings is 2. The molecule has 0 aromatic heterocycles. The molecular weight excluding hydrogens is 491 g/mol. The summed E-state index contributed by atoms with van der Waals surface area (Å²) in [5.74, 6) is 0.404. The number of carbonyl (C=O) groups is 1. The normalized spacial score (nSPS) is 29.2. The van der Waals surface area contributed by atoms with Gasteiger partial charge in [0.2, 0.25) is 0 Å². The number of alkyl halides is 3. The van der Waals surface area contributed by atoms with Gasteiger partial charge >= 0.3 is 12.1 Å². The van der Waals surface area contributed by atoms with Gasteiger partial charge in [-0.05, 0) is 92.7 Å². The molecule has 2 heterocycles. The molecule has 0 spiro atoms. The van der Waals surface area contributed by atoms with Crippen LogP contribution in [-0.2, 0) is 15.7 Å². The van der Waals surface area contributed by atoms with E-state index in [2.05, 4.69) is 18.7 Å². The first kappa shape index (κ1) is 27.3. The average molecular weight is 532 g/mol. The second-order valence-electron chi connectivity index (χ2n) is 11.6. The van der Waals surface area contributed by atoms with Gasteiger partial charge in [0.15, 0.2) is 0 Å². The van der Waals surface area contributed by atoms with Gasteiger partial charge in [-0.15, -0.1) is 0 Å². The van der Waals surface area contributed by atoms with Gasteiger partial charge in [0.25, 0.3) is 0 Å². The highest BCUT2D eigenvalue weighted by molar-refractivity contribution is 5.89. The Hall–Kier alpha value is -2.28. The fraction of sp³-hybridized carbons (Fsp3) is 0.645. The summed E-state index contributed by atoms with van der Waals surface area (Å²) in [6.07, 6.45) is 4.83. The lowest BCUT2D eigenvalue weighted by molar-refractivity contribution is -0.150. The molecule has 4 nitrogen and oxygen atoms in total. The lowest BCUT2D eigenvalue weighted by atomic mass is 9.77. The molecule has 1 saturated carbocycles. The van der Waals surface area contributed by atoms with E-state index in [1.165, 1.54) is 13.2 Å². The summed E-state index contributed by atoms with van der Waals surface area (Å²) >= 11 is 0. The van der Waals surface area contributed by atoms with E-state index in [0.717, 1.165) is 69.8 Å². The maximum Gasteiger partial charge on any atom is 0.420 e. The highest BCUT2D eigenvalue weighted by atomic mass is 19.4. The molecule has 3 unspecified atom stereocenters. The van der Waals surface area contributed by atoms with Gasteiger partial charge in [0.05, 0.1) is 19.1 Å². The van der Waals surface area contributed by atoms with Crippen molar-refractivity contribution >= 4 is 16.7 Å². The third-order valence-corrected chi connectivity index (χ3v) is 9.45. The first-order valence-corrected chi connectivity index (χ1v) is 14.3. The van der Waals surface area contributed by atoms with Crippen LogP contribution in [0, 0.1) is 11.8 Å². The number of halogens is 3. The van der Waals surface area contributed by atoms with E-state index < -0.39 is 11.7 Å². The van der Waals surface area contributed by atoms with Crippen molar-refractivity contribution < 1.29 is 27.4 Å². The van der Waals surface area contributed by atoms with Crippen LogP contribution in [0.2, 0.25) is 0 Å². The number of piperidine rings is 2. The average Bonchev–Trinajstić information content (AvgIpc) is 2.90. The Morgan fingerprint density at radius 1 is 1.03 bits per heavy atom. The molecule has 0 radical (unpaired) electrons. The van der Waals surface area contributed by atoms with Crippen molar-refractivity contribution in [1.82, 2.24) is 4.90 Å². The molecule has 2 aliphatic heterocycles. The number of rotatable bonds is 6. The summed E-state index contributed by atoms with van der Waals surface area (Å²) in [7, 11) is 1.45. The van der Waals surface area contributed by atoms with Crippen LogP contribution in [0.1, 0.15) is 95.2 Å². The number of hydrogen-bond acceptors (Lipinski definition) is 4. The molecule has 2 saturated heterocycles. The predicted octanol–water partition coefficient (Wildman–Crippen LogP) is 8.07. The third kappa shape index (κ3) is 5.41. The fourth-order valence-corrected chi connectivity index (χ4v) is 7.40. The largest absolute Gasteiger partial charge is 0.490 e. The van der Waals surface area contributed by atoms with Crippen LogP contribution in [0.15, 0.2) is 30.3 Å². The maximum absolute atomic E-state index is 14.4. The quantitative estimate of drug-likeness (QED) is 0.353. The minimum atomic E-state index is -4.50. The highest BCUT2D eigenvalue weighted by Gasteiger charge is 2.43. The summed E-state index contributed by atoms with van der Waals surface area (Å²) in [5.41, 5.74) is 0.341. The van der Waals surface area contributed by atoms with Crippen LogP contribution in [0.3, 0.4) is 0 Å². The number of hydrogen-bond donors (Lipinski definition) is 0. The zero-order valence-electron chi connectivity index (χ0n) is 22.7. The van der Waals surface area contributed by atoms with Gasteiger partial charge in [-0.25, -0.2) is 0 Å². The van der Waals surface area contributed by atoms with Crippen LogP contribution in [0.4, 0.5) is 13.2 Å². The van der Waals surface area contributed by atoms with Crippen molar-refractivity contribution in [1.29, 1.82) is 0 Å². The molecule has 38 heavy (non-hydrogen) atoms. The molecule has 0 N–H and O–H groups in total. The third-order valence-electron chi connectivity index (χ3n) is 9.45. The van der Waals surface area contributed by atoms with Crippen molar-refractivity contribution in [3.8, 4) is 5.75 Å². The van der Waals surface area contributed by atoms with E-state index in [9.17, 15) is 18.0 Å². The monoisotopic (exact) mass is 531 g/mol. The lowest BCUT2D eigenvalue weighted by Crippen LogP contribution is -2.54. The summed E-state index contributed by atoms with van der Waals surface area (Å²) < 4.78 is 54.1. The van der Waals surface area contributed by atoms with E-state index in [-0.39, 0.29) is 47.3 Å². The number of carbonyl (C=O) groups excluding carboxylic acids is 1. The number of fused-ring (bicyclic) bond motifs is 3. The van der Waals surface area contributed by atoms with E-state index >= 15 is 0 Å². The van der Waals surface area contributed by atoms with Crippen molar-refractivity contribution in [3.05, 3.63) is 41.5 Å². The molecule has 3 aliphatic rings. The summed E-state index contributed by atoms with van der Waals surface area (Å²) in [4.78, 5) is 14.7. The predicted molar refractivity (Wildman–Crippen MR) is 142 cm³/mol. The fourth-order valence-electron chi connectivity index (χ4n) is 7.40. The molecule has 2 aromatic carbocycles. The first-order chi connectivity index (χ1) is 18.2. The topological polar surface area (TPSA) is 38.8 Å². The molecule has 1 aliphatic carbocycles. The standard InChI is InChI=1S/C31H40F3NO3/c1-4-20-8-12-26(13-9-20)38-28-15-11-22-16-21(10-14-27(22)29(28)31(32,33)34)19(2)35-24-6-5-7-25(35)18-23(17-24)30(36)37-3/h10-11,14-16,19-20,23-26H,4-9,12-13,17-18H2,1-3H3. The number of esters is 1. The van der Waals surface area contributed by atoms with Gasteiger partial charge in [-0.2, -0.15) is 13.2 Å². The summed E-state index contributed by atoms with van der Waals surface area (Å²) in [5, 5.41) is 0.774. The molecule has 5 rings (SSSR count). The summed E-state index contributed by atoms with van der Waals surface area (Å²) in [6.45, 7) is 4.31. The number of nitrogens with zero attached hydrogens (tertiary/aromatic N) is 1. The SMILES string of the molecule is CCC1CCC(Oc2ccc3cc(C(C)N4C5CCCC4CC(C(=O)OC)C5)ccc3c2C(F)(F)F)CC1. The zero-order valence-corrected chi connectivity index (χ0v) is 22.7. The van der Waals surface area contributed by atoms with Gasteiger partial charge in [-0.1, -0.05) is 38.0 Å². The Balaban J connectivity index is 1.41. The van der Waals surface area contributed by atoms with Gasteiger partial charge in [-0.3, -0.25) is 9.69 Å². The molecule has 2 bridgehead atoms. The Kier molecular flexibility index (Phi) is 7.95. The van der Waals surface area contributed by atoms with Crippen molar-refractivity contribution in [2.45, 2.75) is 108 Å². The Bertz CT molecular complexity index is 1130. The molecule has 208 valence electrons. The number of ether oxygens (including phenoxy) is 2. The first-order valence-electron chi connectivity index (χ1n) is 14.3. The van der Waals surface area contributed by atoms with Crippen molar-refractivity contribution in [3.63, 3.8) is 0 Å². The minimum absolute atomic E-state index is 0.0484. The van der Waals surface area contributed by atoms with Crippen LogP contribution in [0.25, 0.3) is 10.8 Å². The minimum Gasteiger partial charge on any atom is -0.490 e. The second kappa shape index (κ2) is 11.1. The van der Waals surface area contributed by atoms with E-state index in [4.69, 9.17) is 9.47 Å². The zero-order chi connectivity index (χ0) is 27.0. The second-order valence-corrected chi connectivity index (χ2v) is 11.6. The Morgan fingerprint density at radius 3 is 2.32 bits per heavy atom. The number of methoxy groups -OCH3 is 1. The maximum atomic E-state index is 14.4. The van der Waals surface area contributed by atoms with Crippen molar-refractivity contribution in [2.24, 2.45) is 11.8 Å². The van der Waals surface area contributed by atoms with Crippen LogP contribution in [0.5, 0.6) is 5.75 Å². The van der Waals surface area contributed by atoms with Crippen molar-refractivity contribution in [2.75, 3.05) is 7.11 Å². The van der Waals surface area contributed by atoms with E-state index in [0.29, 0.717) is 11.3 Å². The van der Waals surface area contributed by atoms with Gasteiger partial charge in [0, 0.05) is 18.1 Å². The van der Waals surface area contributed by atoms with Crippen LogP contribution < -0.4 is 4.74 Å². The van der Waals surface area contributed by atoms with Crippen LogP contribution in [-0.4, -0.2) is 36.2 Å². The molecule has 7 heteroatoms. The molecule has 3 fully saturated rings. The lowest BCUT2D eigenvalue weighted by Gasteiger charge is -2.51.